The number of benzene rings is 1. The predicted molar refractivity (Wildman–Crippen MR) is 115 cm³/mol. The molecule has 0 spiro atoms. The zero-order valence-corrected chi connectivity index (χ0v) is 18.1. The van der Waals surface area contributed by atoms with E-state index in [1.807, 2.05) is 63.2 Å². The number of fused-ring (bicyclic) bond motifs is 1. The molecule has 0 saturated heterocycles. The largest absolute Gasteiger partial charge is 0.477 e. The van der Waals surface area contributed by atoms with Gasteiger partial charge in [-0.3, -0.25) is 4.90 Å². The van der Waals surface area contributed by atoms with Crippen LogP contribution in [0.15, 0.2) is 42.5 Å². The average molecular weight is 429 g/mol. The standard InChI is InChI=1S/C22H25ClN4O3/c1-22(2,3)30-21(28)26(13-15-7-5-4-6-8-15)19-17-11-12-18(29-14-16-9-10-16)27(17)25-20(23)24-19/h4-8,11-12,16H,9-10,13-14H2,1-3H3. The fourth-order valence-corrected chi connectivity index (χ4v) is 3.19. The molecule has 2 heterocycles. The van der Waals surface area contributed by atoms with Crippen molar-refractivity contribution in [1.29, 1.82) is 0 Å². The number of anilines is 1. The second kappa shape index (κ2) is 8.14. The van der Waals surface area contributed by atoms with Crippen LogP contribution >= 0.6 is 11.6 Å². The lowest BCUT2D eigenvalue weighted by atomic mass is 10.2. The third-order valence-corrected chi connectivity index (χ3v) is 4.81. The van der Waals surface area contributed by atoms with Crippen LogP contribution in [0.4, 0.5) is 10.6 Å². The van der Waals surface area contributed by atoms with Gasteiger partial charge in [-0.25, -0.2) is 4.79 Å². The number of rotatable bonds is 6. The van der Waals surface area contributed by atoms with E-state index in [-0.39, 0.29) is 11.8 Å². The van der Waals surface area contributed by atoms with E-state index in [0.717, 1.165) is 5.56 Å². The van der Waals surface area contributed by atoms with Gasteiger partial charge in [0.1, 0.15) is 11.1 Å². The number of carbonyl (C=O) groups excluding carboxylic acids is 1. The molecular formula is C22H25ClN4O3. The van der Waals surface area contributed by atoms with Crippen molar-refractivity contribution in [3.63, 3.8) is 0 Å². The molecule has 158 valence electrons. The van der Waals surface area contributed by atoms with Gasteiger partial charge < -0.3 is 9.47 Å². The number of aromatic nitrogens is 3. The van der Waals surface area contributed by atoms with Gasteiger partial charge >= 0.3 is 6.09 Å². The van der Waals surface area contributed by atoms with E-state index in [9.17, 15) is 4.79 Å². The van der Waals surface area contributed by atoms with Crippen LogP contribution in [-0.4, -0.2) is 32.9 Å². The summed E-state index contributed by atoms with van der Waals surface area (Å²) in [6.07, 6.45) is 1.87. The highest BCUT2D eigenvalue weighted by atomic mass is 35.5. The van der Waals surface area contributed by atoms with Crippen LogP contribution in [0, 0.1) is 5.92 Å². The van der Waals surface area contributed by atoms with Crippen LogP contribution in [0.3, 0.4) is 0 Å². The molecule has 0 atom stereocenters. The third-order valence-electron chi connectivity index (χ3n) is 4.65. The summed E-state index contributed by atoms with van der Waals surface area (Å²) in [6.45, 7) is 6.41. The average Bonchev–Trinajstić information content (AvgIpc) is 3.43. The first-order chi connectivity index (χ1) is 14.3. The Bertz CT molecular complexity index is 1040. The Balaban J connectivity index is 1.73. The summed E-state index contributed by atoms with van der Waals surface area (Å²) in [7, 11) is 0. The van der Waals surface area contributed by atoms with E-state index >= 15 is 0 Å². The number of halogens is 1. The first-order valence-electron chi connectivity index (χ1n) is 10.0. The molecule has 0 unspecified atom stereocenters. The van der Waals surface area contributed by atoms with Crippen molar-refractivity contribution < 1.29 is 14.3 Å². The Labute approximate surface area is 180 Å². The third kappa shape index (κ3) is 4.84. The molecule has 0 bridgehead atoms. The molecule has 0 N–H and O–H groups in total. The van der Waals surface area contributed by atoms with Crippen LogP contribution in [0.25, 0.3) is 5.52 Å². The summed E-state index contributed by atoms with van der Waals surface area (Å²) in [5.74, 6) is 1.55. The number of ether oxygens (including phenoxy) is 2. The monoisotopic (exact) mass is 428 g/mol. The molecule has 1 amide bonds. The van der Waals surface area contributed by atoms with Gasteiger partial charge in [0.15, 0.2) is 5.82 Å². The number of amides is 1. The molecule has 3 aromatic rings. The van der Waals surface area contributed by atoms with Crippen LogP contribution in [0.5, 0.6) is 5.88 Å². The van der Waals surface area contributed by atoms with Crippen molar-refractivity contribution in [2.45, 2.75) is 45.8 Å². The van der Waals surface area contributed by atoms with E-state index in [0.29, 0.717) is 29.7 Å². The smallest absolute Gasteiger partial charge is 0.416 e. The molecule has 1 aromatic carbocycles. The molecule has 0 radical (unpaired) electrons. The van der Waals surface area contributed by atoms with Crippen LogP contribution in [0.2, 0.25) is 5.28 Å². The fourth-order valence-electron chi connectivity index (χ4n) is 3.04. The first kappa shape index (κ1) is 20.5. The maximum atomic E-state index is 13.1. The molecule has 1 fully saturated rings. The Morgan fingerprint density at radius 1 is 1.20 bits per heavy atom. The Morgan fingerprint density at radius 2 is 1.93 bits per heavy atom. The Hall–Kier alpha value is -2.80. The summed E-state index contributed by atoms with van der Waals surface area (Å²) < 4.78 is 13.2. The number of hydrogen-bond donors (Lipinski definition) is 0. The summed E-state index contributed by atoms with van der Waals surface area (Å²) >= 11 is 6.24. The van der Waals surface area contributed by atoms with Crippen LogP contribution < -0.4 is 9.64 Å². The van der Waals surface area contributed by atoms with Crippen molar-refractivity contribution in [3.8, 4) is 5.88 Å². The molecule has 4 rings (SSSR count). The highest BCUT2D eigenvalue weighted by Gasteiger charge is 2.28. The highest BCUT2D eigenvalue weighted by Crippen LogP contribution is 2.32. The van der Waals surface area contributed by atoms with Gasteiger partial charge in [0, 0.05) is 6.07 Å². The Morgan fingerprint density at radius 3 is 2.60 bits per heavy atom. The minimum absolute atomic E-state index is 0.0200. The minimum atomic E-state index is -0.653. The lowest BCUT2D eigenvalue weighted by Gasteiger charge is -2.27. The molecule has 1 aliphatic carbocycles. The van der Waals surface area contributed by atoms with Crippen molar-refractivity contribution in [1.82, 2.24) is 14.6 Å². The van der Waals surface area contributed by atoms with E-state index in [4.69, 9.17) is 21.1 Å². The molecule has 30 heavy (non-hydrogen) atoms. The highest BCUT2D eigenvalue weighted by molar-refractivity contribution is 6.28. The molecule has 7 nitrogen and oxygen atoms in total. The number of hydrogen-bond acceptors (Lipinski definition) is 5. The van der Waals surface area contributed by atoms with Gasteiger partial charge in [-0.15, -0.1) is 5.10 Å². The van der Waals surface area contributed by atoms with Crippen molar-refractivity contribution in [2.24, 2.45) is 5.92 Å². The summed E-state index contributed by atoms with van der Waals surface area (Å²) in [5, 5.41) is 4.31. The molecule has 1 aliphatic rings. The summed E-state index contributed by atoms with van der Waals surface area (Å²) in [6, 6.07) is 13.3. The van der Waals surface area contributed by atoms with Crippen molar-refractivity contribution in [3.05, 3.63) is 53.3 Å². The van der Waals surface area contributed by atoms with Crippen LogP contribution in [0.1, 0.15) is 39.2 Å². The predicted octanol–water partition coefficient (Wildman–Crippen LogP) is 5.11. The minimum Gasteiger partial charge on any atom is -0.477 e. The molecule has 1 saturated carbocycles. The van der Waals surface area contributed by atoms with Gasteiger partial charge in [-0.2, -0.15) is 9.50 Å². The van der Waals surface area contributed by atoms with Crippen LogP contribution in [-0.2, 0) is 11.3 Å². The lowest BCUT2D eigenvalue weighted by Crippen LogP contribution is -2.37. The van der Waals surface area contributed by atoms with Crippen molar-refractivity contribution in [2.75, 3.05) is 11.5 Å². The van der Waals surface area contributed by atoms with Gasteiger partial charge in [-0.05, 0) is 62.8 Å². The molecule has 8 heteroatoms. The van der Waals surface area contributed by atoms with Gasteiger partial charge in [0.25, 0.3) is 0 Å². The van der Waals surface area contributed by atoms with Gasteiger partial charge in [0.2, 0.25) is 11.2 Å². The summed E-state index contributed by atoms with van der Waals surface area (Å²) in [4.78, 5) is 19.0. The van der Waals surface area contributed by atoms with Gasteiger partial charge in [0.05, 0.1) is 13.2 Å². The van der Waals surface area contributed by atoms with Gasteiger partial charge in [-0.1, -0.05) is 30.3 Å². The van der Waals surface area contributed by atoms with E-state index < -0.39 is 11.7 Å². The zero-order valence-electron chi connectivity index (χ0n) is 17.3. The maximum Gasteiger partial charge on any atom is 0.416 e. The number of carbonyl (C=O) groups is 1. The second-order valence-electron chi connectivity index (χ2n) is 8.48. The van der Waals surface area contributed by atoms with E-state index in [1.165, 1.54) is 17.7 Å². The quantitative estimate of drug-likeness (QED) is 0.545. The molecule has 0 aliphatic heterocycles. The molecule has 2 aromatic heterocycles. The normalized spacial score (nSPS) is 14.0. The molecular weight excluding hydrogens is 404 g/mol. The summed E-state index contributed by atoms with van der Waals surface area (Å²) in [5.41, 5.74) is 0.902. The topological polar surface area (TPSA) is 69.0 Å². The fraction of sp³-hybridized carbons (Fsp3) is 0.409. The lowest BCUT2D eigenvalue weighted by molar-refractivity contribution is 0.0576. The van der Waals surface area contributed by atoms with E-state index in [1.54, 1.807) is 4.52 Å². The van der Waals surface area contributed by atoms with Crippen molar-refractivity contribution >= 4 is 29.0 Å². The zero-order chi connectivity index (χ0) is 21.3. The van der Waals surface area contributed by atoms with E-state index in [2.05, 4.69) is 10.1 Å². The second-order valence-corrected chi connectivity index (χ2v) is 8.82. The first-order valence-corrected chi connectivity index (χ1v) is 10.4. The Kier molecular flexibility index (Phi) is 5.56. The SMILES string of the molecule is CC(C)(C)OC(=O)N(Cc1ccccc1)c1nc(Cl)nn2c(OCC3CC3)ccc12. The maximum absolute atomic E-state index is 13.1. The number of nitrogens with zero attached hydrogens (tertiary/aromatic N) is 4.